The van der Waals surface area contributed by atoms with Crippen LogP contribution in [0.25, 0.3) is 0 Å². The van der Waals surface area contributed by atoms with Crippen LogP contribution < -0.4 is 19.9 Å². The number of nitrogens with zero attached hydrogens (tertiary/aromatic N) is 4. The Balaban J connectivity index is 1.18. The Labute approximate surface area is 236 Å². The molecule has 210 valence electrons. The zero-order chi connectivity index (χ0) is 28.4. The number of pyridine rings is 1. The Kier molecular flexibility index (Phi) is 5.88. The molecule has 0 spiro atoms. The van der Waals surface area contributed by atoms with Crippen LogP contribution in [0.4, 0.5) is 5.69 Å². The second-order valence-corrected chi connectivity index (χ2v) is 11.1. The van der Waals surface area contributed by atoms with Gasteiger partial charge >= 0.3 is 0 Å². The van der Waals surface area contributed by atoms with E-state index in [1.165, 1.54) is 14.2 Å². The van der Waals surface area contributed by atoms with Crippen molar-refractivity contribution in [2.75, 3.05) is 38.8 Å². The fourth-order valence-electron chi connectivity index (χ4n) is 7.13. The molecule has 5 heterocycles. The number of ether oxygens (including phenoxy) is 2. The van der Waals surface area contributed by atoms with Gasteiger partial charge in [-0.05, 0) is 36.6 Å². The number of likely N-dealkylation sites (tertiary alicyclic amines) is 1. The first-order valence-corrected chi connectivity index (χ1v) is 13.9. The van der Waals surface area contributed by atoms with Crippen molar-refractivity contribution in [2.24, 2.45) is 5.92 Å². The van der Waals surface area contributed by atoms with E-state index in [1.54, 1.807) is 58.3 Å². The van der Waals surface area contributed by atoms with E-state index in [4.69, 9.17) is 9.47 Å². The number of amides is 3. The molecule has 4 aliphatic heterocycles. The Hall–Kier alpha value is -4.60. The molecule has 3 aromatic rings. The number of fused-ring (bicyclic) bond motifs is 9. The van der Waals surface area contributed by atoms with E-state index >= 15 is 0 Å². The van der Waals surface area contributed by atoms with E-state index in [1.807, 2.05) is 15.5 Å². The molecule has 0 saturated carbocycles. The highest BCUT2D eigenvalue weighted by Gasteiger charge is 2.49. The topological polar surface area (TPSA) is 101 Å². The zero-order valence-corrected chi connectivity index (χ0v) is 22.9. The number of aromatic nitrogens is 1. The van der Waals surface area contributed by atoms with Crippen molar-refractivity contribution in [3.63, 3.8) is 0 Å². The molecule has 10 nitrogen and oxygen atoms in total. The highest BCUT2D eigenvalue weighted by Crippen LogP contribution is 2.49. The summed E-state index contributed by atoms with van der Waals surface area (Å²) in [5, 5.41) is 0. The van der Waals surface area contributed by atoms with Gasteiger partial charge < -0.3 is 23.8 Å². The minimum Gasteiger partial charge on any atom is -0.493 e. The number of methoxy groups -OCH3 is 2. The third-order valence-corrected chi connectivity index (χ3v) is 8.88. The molecule has 0 N–H and O–H groups in total. The molecule has 1 fully saturated rings. The standard InChI is InChI=1S/C31H30N4O6/c1-40-24-11-10-21-27(28(24)41-2)31(39)35-23-7-4-3-6-20(23)30(38)33(29(21)35)13-12-25(36)32-15-18-14-19(17-32)22-8-5-9-26(37)34(22)16-18/h3-11,18-19,29H,12-17H2,1-2H3/t18-,19+,29?/m1/s1. The first-order valence-electron chi connectivity index (χ1n) is 13.9. The van der Waals surface area contributed by atoms with Crippen molar-refractivity contribution in [1.82, 2.24) is 14.4 Å². The molecule has 1 saturated heterocycles. The molecule has 1 aromatic heterocycles. The van der Waals surface area contributed by atoms with Gasteiger partial charge in [0.05, 0.1) is 31.0 Å². The fourth-order valence-corrected chi connectivity index (χ4v) is 7.13. The summed E-state index contributed by atoms with van der Waals surface area (Å²) in [5.41, 5.74) is 2.93. The third-order valence-electron chi connectivity index (χ3n) is 8.88. The summed E-state index contributed by atoms with van der Waals surface area (Å²) in [4.78, 5) is 58.8. The monoisotopic (exact) mass is 554 g/mol. The van der Waals surface area contributed by atoms with E-state index in [2.05, 4.69) is 0 Å². The van der Waals surface area contributed by atoms with Crippen molar-refractivity contribution in [1.29, 1.82) is 0 Å². The molecule has 0 aliphatic carbocycles. The Morgan fingerprint density at radius 1 is 0.902 bits per heavy atom. The van der Waals surface area contributed by atoms with E-state index in [9.17, 15) is 19.2 Å². The summed E-state index contributed by atoms with van der Waals surface area (Å²) >= 11 is 0. The average molecular weight is 555 g/mol. The molecule has 1 unspecified atom stereocenters. The maximum absolute atomic E-state index is 13.9. The number of hydrogen-bond donors (Lipinski definition) is 0. The van der Waals surface area contributed by atoms with Crippen LogP contribution in [0, 0.1) is 5.92 Å². The van der Waals surface area contributed by atoms with Gasteiger partial charge in [0.25, 0.3) is 17.4 Å². The maximum atomic E-state index is 13.9. The van der Waals surface area contributed by atoms with Gasteiger partial charge in [0, 0.05) is 55.8 Å². The minimum absolute atomic E-state index is 0.00562. The van der Waals surface area contributed by atoms with E-state index in [0.29, 0.717) is 53.5 Å². The van der Waals surface area contributed by atoms with Crippen molar-refractivity contribution in [3.05, 3.63) is 87.3 Å². The van der Waals surface area contributed by atoms with Crippen LogP contribution in [0.2, 0.25) is 0 Å². The van der Waals surface area contributed by atoms with E-state index < -0.39 is 6.17 Å². The van der Waals surface area contributed by atoms with Crippen LogP contribution in [0.3, 0.4) is 0 Å². The number of hydrogen-bond acceptors (Lipinski definition) is 6. The second-order valence-electron chi connectivity index (χ2n) is 11.1. The average Bonchev–Trinajstić information content (AvgIpc) is 3.29. The quantitative estimate of drug-likeness (QED) is 0.481. The van der Waals surface area contributed by atoms with E-state index in [-0.39, 0.29) is 48.1 Å². The molecule has 3 atom stereocenters. The number of piperidine rings is 1. The Morgan fingerprint density at radius 2 is 1.73 bits per heavy atom. The maximum Gasteiger partial charge on any atom is 0.264 e. The van der Waals surface area contributed by atoms with Crippen LogP contribution in [-0.2, 0) is 11.3 Å². The molecule has 0 radical (unpaired) electrons. The van der Waals surface area contributed by atoms with Gasteiger partial charge in [-0.3, -0.25) is 24.1 Å². The molecule has 2 bridgehead atoms. The van der Waals surface area contributed by atoms with Gasteiger partial charge in [-0.25, -0.2) is 0 Å². The predicted molar refractivity (Wildman–Crippen MR) is 149 cm³/mol. The van der Waals surface area contributed by atoms with Gasteiger partial charge in [-0.1, -0.05) is 24.3 Å². The summed E-state index contributed by atoms with van der Waals surface area (Å²) < 4.78 is 12.9. The normalized spacial score (nSPS) is 22.1. The smallest absolute Gasteiger partial charge is 0.264 e. The predicted octanol–water partition coefficient (Wildman–Crippen LogP) is 3.02. The van der Waals surface area contributed by atoms with Crippen LogP contribution in [0.1, 0.15) is 56.9 Å². The zero-order valence-electron chi connectivity index (χ0n) is 22.9. The van der Waals surface area contributed by atoms with Gasteiger partial charge in [0.15, 0.2) is 11.5 Å². The lowest BCUT2D eigenvalue weighted by atomic mass is 9.83. The van der Waals surface area contributed by atoms with Crippen molar-refractivity contribution < 1.29 is 23.9 Å². The van der Waals surface area contributed by atoms with Crippen molar-refractivity contribution >= 4 is 23.4 Å². The number of para-hydroxylation sites is 1. The molecule has 3 amide bonds. The van der Waals surface area contributed by atoms with Gasteiger partial charge in [-0.2, -0.15) is 0 Å². The van der Waals surface area contributed by atoms with Crippen LogP contribution in [0.5, 0.6) is 11.5 Å². The minimum atomic E-state index is -0.702. The molecule has 7 rings (SSSR count). The van der Waals surface area contributed by atoms with Crippen molar-refractivity contribution in [3.8, 4) is 11.5 Å². The molecule has 41 heavy (non-hydrogen) atoms. The Bertz CT molecular complexity index is 1660. The number of rotatable bonds is 5. The van der Waals surface area contributed by atoms with Crippen LogP contribution in [0.15, 0.2) is 59.4 Å². The molecular formula is C31H30N4O6. The van der Waals surface area contributed by atoms with Gasteiger partial charge in [0.1, 0.15) is 6.17 Å². The molecular weight excluding hydrogens is 524 g/mol. The highest BCUT2D eigenvalue weighted by atomic mass is 16.5. The number of anilines is 1. The van der Waals surface area contributed by atoms with E-state index in [0.717, 1.165) is 12.1 Å². The summed E-state index contributed by atoms with van der Waals surface area (Å²) in [6.07, 6.45) is 0.373. The first-order chi connectivity index (χ1) is 19.9. The largest absolute Gasteiger partial charge is 0.493 e. The number of carbonyl (C=O) groups is 3. The number of benzene rings is 2. The Morgan fingerprint density at radius 3 is 2.54 bits per heavy atom. The second kappa shape index (κ2) is 9.50. The first kappa shape index (κ1) is 25.4. The fraction of sp³-hybridized carbons (Fsp3) is 0.355. The molecule has 2 aromatic carbocycles. The van der Waals surface area contributed by atoms with Crippen molar-refractivity contribution in [2.45, 2.75) is 31.5 Å². The van der Waals surface area contributed by atoms with Crippen LogP contribution >= 0.6 is 0 Å². The SMILES string of the molecule is COc1ccc2c(c1OC)C(=O)N1c3ccccc3C(=O)N(CCC(=O)N3C[C@H]4C[C@@H](C3)c3cccc(=O)n3C4)C21. The lowest BCUT2D eigenvalue weighted by molar-refractivity contribution is -0.134. The summed E-state index contributed by atoms with van der Waals surface area (Å²) in [7, 11) is 3.00. The third kappa shape index (κ3) is 3.77. The lowest BCUT2D eigenvalue weighted by Gasteiger charge is -2.43. The van der Waals surface area contributed by atoms with Gasteiger partial charge in [0.2, 0.25) is 5.91 Å². The lowest BCUT2D eigenvalue weighted by Crippen LogP contribution is -2.51. The highest BCUT2D eigenvalue weighted by molar-refractivity contribution is 6.18. The molecule has 4 aliphatic rings. The summed E-state index contributed by atoms with van der Waals surface area (Å²) in [5.74, 6) is 0.530. The number of carbonyl (C=O) groups excluding carboxylic acids is 3. The summed E-state index contributed by atoms with van der Waals surface area (Å²) in [6, 6.07) is 15.9. The summed E-state index contributed by atoms with van der Waals surface area (Å²) in [6.45, 7) is 1.89. The van der Waals surface area contributed by atoms with Crippen LogP contribution in [-0.4, -0.2) is 65.9 Å². The van der Waals surface area contributed by atoms with Gasteiger partial charge in [-0.15, -0.1) is 0 Å². The molecule has 10 heteroatoms.